The van der Waals surface area contributed by atoms with E-state index in [2.05, 4.69) is 91.7 Å². The molecule has 0 amide bonds. The SMILES string of the molecule is CC(O[Si](C)(C)C(C)(C)C)C1c2cc(N)ccc2CCN1CCO[Si](C)(C)C(C)(C)C. The molecule has 2 unspecified atom stereocenters. The van der Waals surface area contributed by atoms with Crippen LogP contribution in [-0.2, 0) is 15.3 Å². The fourth-order valence-electron chi connectivity index (χ4n) is 3.86. The molecule has 1 heterocycles. The van der Waals surface area contributed by atoms with E-state index in [0.717, 1.165) is 31.8 Å². The van der Waals surface area contributed by atoms with E-state index in [1.54, 1.807) is 0 Å². The molecule has 2 rings (SSSR count). The van der Waals surface area contributed by atoms with Crippen LogP contribution in [0.4, 0.5) is 5.69 Å². The van der Waals surface area contributed by atoms with E-state index >= 15 is 0 Å². The van der Waals surface area contributed by atoms with Gasteiger partial charge in [0, 0.05) is 25.4 Å². The van der Waals surface area contributed by atoms with Crippen molar-refractivity contribution >= 4 is 22.3 Å². The van der Waals surface area contributed by atoms with Crippen LogP contribution in [0.1, 0.15) is 65.6 Å². The third-order valence-corrected chi connectivity index (χ3v) is 17.0. The number of benzene rings is 1. The van der Waals surface area contributed by atoms with E-state index in [-0.39, 0.29) is 22.2 Å². The number of nitrogen functional groups attached to an aromatic ring is 1. The molecule has 1 aliphatic rings. The summed E-state index contributed by atoms with van der Waals surface area (Å²) >= 11 is 0. The predicted octanol–water partition coefficient (Wildman–Crippen LogP) is 6.60. The van der Waals surface area contributed by atoms with Crippen molar-refractivity contribution < 1.29 is 8.85 Å². The first-order valence-corrected chi connectivity index (χ1v) is 17.7. The van der Waals surface area contributed by atoms with E-state index in [4.69, 9.17) is 14.6 Å². The molecule has 1 aliphatic heterocycles. The first-order valence-electron chi connectivity index (χ1n) is 11.9. The third-order valence-electron chi connectivity index (χ3n) is 7.93. The number of hydrogen-bond donors (Lipinski definition) is 1. The van der Waals surface area contributed by atoms with Crippen molar-refractivity contribution in [1.29, 1.82) is 0 Å². The topological polar surface area (TPSA) is 47.7 Å². The highest BCUT2D eigenvalue weighted by atomic mass is 28.4. The summed E-state index contributed by atoms with van der Waals surface area (Å²) in [5.74, 6) is 0. The maximum atomic E-state index is 6.89. The normalized spacial score (nSPS) is 19.9. The molecule has 1 aromatic carbocycles. The fourth-order valence-corrected chi connectivity index (χ4v) is 6.30. The monoisotopic (exact) mass is 464 g/mol. The van der Waals surface area contributed by atoms with Crippen molar-refractivity contribution in [2.45, 2.75) is 103 Å². The van der Waals surface area contributed by atoms with Gasteiger partial charge in [-0.05, 0) is 72.9 Å². The largest absolute Gasteiger partial charge is 0.416 e. The van der Waals surface area contributed by atoms with Gasteiger partial charge in [-0.3, -0.25) is 4.90 Å². The second kappa shape index (κ2) is 9.30. The predicted molar refractivity (Wildman–Crippen MR) is 140 cm³/mol. The minimum Gasteiger partial charge on any atom is -0.416 e. The molecular weight excluding hydrogens is 416 g/mol. The van der Waals surface area contributed by atoms with Crippen LogP contribution in [0.15, 0.2) is 18.2 Å². The van der Waals surface area contributed by atoms with Crippen LogP contribution in [0, 0.1) is 0 Å². The van der Waals surface area contributed by atoms with E-state index in [1.807, 2.05) is 6.07 Å². The van der Waals surface area contributed by atoms with Gasteiger partial charge in [0.25, 0.3) is 0 Å². The minimum absolute atomic E-state index is 0.106. The number of fused-ring (bicyclic) bond motifs is 1. The Kier molecular flexibility index (Phi) is 7.97. The first kappa shape index (κ1) is 26.6. The summed E-state index contributed by atoms with van der Waals surface area (Å²) in [5, 5.41) is 0.416. The van der Waals surface area contributed by atoms with E-state index < -0.39 is 16.6 Å². The summed E-state index contributed by atoms with van der Waals surface area (Å²) in [4.78, 5) is 2.58. The summed E-state index contributed by atoms with van der Waals surface area (Å²) in [6.45, 7) is 28.2. The Bertz CT molecular complexity index is 751. The Morgan fingerprint density at radius 3 is 2.16 bits per heavy atom. The zero-order valence-electron chi connectivity index (χ0n) is 22.1. The van der Waals surface area contributed by atoms with Gasteiger partial charge in [-0.25, -0.2) is 0 Å². The van der Waals surface area contributed by atoms with Gasteiger partial charge in [0.2, 0.25) is 0 Å². The number of nitrogens with zero attached hydrogens (tertiary/aromatic N) is 1. The van der Waals surface area contributed by atoms with Crippen LogP contribution >= 0.6 is 0 Å². The molecule has 0 saturated heterocycles. The first-order chi connectivity index (χ1) is 14.0. The number of rotatable bonds is 7. The van der Waals surface area contributed by atoms with Gasteiger partial charge >= 0.3 is 0 Å². The lowest BCUT2D eigenvalue weighted by Crippen LogP contribution is -2.50. The van der Waals surface area contributed by atoms with Crippen LogP contribution in [-0.4, -0.2) is 47.3 Å². The molecule has 2 N–H and O–H groups in total. The zero-order chi connectivity index (χ0) is 23.8. The second-order valence-corrected chi connectivity index (χ2v) is 21.9. The lowest BCUT2D eigenvalue weighted by Gasteiger charge is -2.46. The summed E-state index contributed by atoms with van der Waals surface area (Å²) in [7, 11) is -3.64. The third kappa shape index (κ3) is 6.23. The highest BCUT2D eigenvalue weighted by Crippen LogP contribution is 2.42. The lowest BCUT2D eigenvalue weighted by molar-refractivity contribution is 0.0502. The van der Waals surface area contributed by atoms with Crippen LogP contribution in [0.2, 0.25) is 36.3 Å². The second-order valence-electron chi connectivity index (χ2n) is 12.4. The van der Waals surface area contributed by atoms with E-state index in [0.29, 0.717) is 0 Å². The molecule has 0 aliphatic carbocycles. The fraction of sp³-hybridized carbons (Fsp3) is 0.760. The molecule has 1 aromatic rings. The van der Waals surface area contributed by atoms with Crippen molar-refractivity contribution in [2.24, 2.45) is 0 Å². The van der Waals surface area contributed by atoms with Crippen LogP contribution in [0.3, 0.4) is 0 Å². The van der Waals surface area contributed by atoms with Gasteiger partial charge in [0.1, 0.15) is 0 Å². The minimum atomic E-state index is -1.88. The Balaban J connectivity index is 2.26. The zero-order valence-corrected chi connectivity index (χ0v) is 24.1. The number of hydrogen-bond acceptors (Lipinski definition) is 4. The average Bonchev–Trinajstić information content (AvgIpc) is 2.58. The van der Waals surface area contributed by atoms with Crippen molar-refractivity contribution in [3.05, 3.63) is 29.3 Å². The molecule has 0 fully saturated rings. The van der Waals surface area contributed by atoms with Crippen LogP contribution < -0.4 is 5.73 Å². The Hall–Kier alpha value is -0.666. The number of nitrogens with two attached hydrogens (primary N) is 1. The summed E-state index contributed by atoms with van der Waals surface area (Å²) < 4.78 is 13.4. The molecule has 6 heteroatoms. The maximum Gasteiger partial charge on any atom is 0.192 e. The Labute approximate surface area is 194 Å². The van der Waals surface area contributed by atoms with Gasteiger partial charge in [-0.2, -0.15) is 0 Å². The van der Waals surface area contributed by atoms with Crippen molar-refractivity contribution in [3.8, 4) is 0 Å². The molecule has 0 spiro atoms. The van der Waals surface area contributed by atoms with Gasteiger partial charge < -0.3 is 14.6 Å². The maximum absolute atomic E-state index is 6.89. The van der Waals surface area contributed by atoms with Gasteiger partial charge in [-0.15, -0.1) is 0 Å². The van der Waals surface area contributed by atoms with Crippen molar-refractivity contribution in [3.63, 3.8) is 0 Å². The summed E-state index contributed by atoms with van der Waals surface area (Å²) in [6, 6.07) is 6.63. The highest BCUT2D eigenvalue weighted by Gasteiger charge is 2.42. The lowest BCUT2D eigenvalue weighted by atomic mass is 9.89. The van der Waals surface area contributed by atoms with E-state index in [9.17, 15) is 0 Å². The van der Waals surface area contributed by atoms with Crippen molar-refractivity contribution in [2.75, 3.05) is 25.4 Å². The molecule has 2 atom stereocenters. The molecule has 0 bridgehead atoms. The van der Waals surface area contributed by atoms with Gasteiger partial charge in [0.15, 0.2) is 16.6 Å². The van der Waals surface area contributed by atoms with Gasteiger partial charge in [0.05, 0.1) is 12.1 Å². The standard InChI is InChI=1S/C25H48N2O2Si2/c1-19(29-31(10,11)25(5,6)7)23-22-18-21(26)13-12-20(22)14-15-27(23)16-17-28-30(8,9)24(2,3)4/h12-13,18-19,23H,14-17,26H2,1-11H3. The molecule has 4 nitrogen and oxygen atoms in total. The molecular formula is C25H48N2O2Si2. The molecule has 0 saturated carbocycles. The molecule has 178 valence electrons. The molecule has 31 heavy (non-hydrogen) atoms. The van der Waals surface area contributed by atoms with Crippen molar-refractivity contribution in [1.82, 2.24) is 4.90 Å². The van der Waals surface area contributed by atoms with Crippen LogP contribution in [0.5, 0.6) is 0 Å². The van der Waals surface area contributed by atoms with Crippen LogP contribution in [0.25, 0.3) is 0 Å². The average molecular weight is 465 g/mol. The molecule has 0 radical (unpaired) electrons. The molecule has 0 aromatic heterocycles. The Morgan fingerprint density at radius 2 is 1.61 bits per heavy atom. The smallest absolute Gasteiger partial charge is 0.192 e. The summed E-state index contributed by atoms with van der Waals surface area (Å²) in [5.41, 5.74) is 9.80. The highest BCUT2D eigenvalue weighted by molar-refractivity contribution is 6.74. The quantitative estimate of drug-likeness (QED) is 0.365. The Morgan fingerprint density at radius 1 is 1.03 bits per heavy atom. The van der Waals surface area contributed by atoms with Gasteiger partial charge in [-0.1, -0.05) is 47.6 Å². The number of anilines is 1. The van der Waals surface area contributed by atoms with E-state index in [1.165, 1.54) is 11.1 Å². The summed E-state index contributed by atoms with van der Waals surface area (Å²) in [6.07, 6.45) is 1.16.